The van der Waals surface area contributed by atoms with E-state index in [2.05, 4.69) is 109 Å². The van der Waals surface area contributed by atoms with Crippen molar-refractivity contribution in [1.82, 2.24) is 0 Å². The Hall–Kier alpha value is -2.89. The van der Waals surface area contributed by atoms with Crippen molar-refractivity contribution >= 4 is 3.21 Å². The Balaban J connectivity index is 0.000000192. The third-order valence-electron chi connectivity index (χ3n) is 7.02. The van der Waals surface area contributed by atoms with Crippen LogP contribution in [-0.2, 0) is 30.7 Å². The van der Waals surface area contributed by atoms with Crippen LogP contribution in [0.15, 0.2) is 109 Å². The second kappa shape index (κ2) is 13.1. The zero-order valence-electron chi connectivity index (χ0n) is 21.3. The van der Waals surface area contributed by atoms with Gasteiger partial charge < -0.3 is 0 Å². The number of hydrogen-bond acceptors (Lipinski definition) is 0. The van der Waals surface area contributed by atoms with E-state index in [1.165, 1.54) is 76.6 Å². The van der Waals surface area contributed by atoms with E-state index >= 15 is 0 Å². The van der Waals surface area contributed by atoms with Gasteiger partial charge in [-0.25, -0.2) is 12.2 Å². The van der Waals surface area contributed by atoms with Gasteiger partial charge >= 0.3 is 59.5 Å². The Kier molecular flexibility index (Phi) is 9.10. The Morgan fingerprint density at radius 2 is 1.35 bits per heavy atom. The van der Waals surface area contributed by atoms with Gasteiger partial charge in [0, 0.05) is 0 Å². The van der Waals surface area contributed by atoms with Crippen LogP contribution < -0.4 is 0 Å². The van der Waals surface area contributed by atoms with Crippen LogP contribution in [0.5, 0.6) is 0 Å². The van der Waals surface area contributed by atoms with Crippen LogP contribution in [0.4, 0.5) is 0 Å². The summed E-state index contributed by atoms with van der Waals surface area (Å²) in [6, 6.07) is 36.0. The van der Waals surface area contributed by atoms with Gasteiger partial charge in [-0.2, -0.15) is 6.08 Å². The van der Waals surface area contributed by atoms with Crippen molar-refractivity contribution in [3.8, 4) is 33.4 Å². The van der Waals surface area contributed by atoms with Gasteiger partial charge in [-0.1, -0.05) is 95.6 Å². The van der Waals surface area contributed by atoms with Crippen molar-refractivity contribution in [2.45, 2.75) is 44.9 Å². The molecular formula is C36H32Zr. The molecule has 4 aromatic rings. The van der Waals surface area contributed by atoms with Crippen molar-refractivity contribution in [1.29, 1.82) is 0 Å². The quantitative estimate of drug-likeness (QED) is 0.190. The fourth-order valence-electron chi connectivity index (χ4n) is 5.04. The molecular weight excluding hydrogens is 524 g/mol. The van der Waals surface area contributed by atoms with Crippen LogP contribution in [0.2, 0.25) is 0 Å². The monoisotopic (exact) mass is 554 g/mol. The minimum atomic E-state index is 0.964. The summed E-state index contributed by atoms with van der Waals surface area (Å²) in [5.41, 5.74) is 10.4. The maximum absolute atomic E-state index is 3.65. The molecule has 0 nitrogen and oxygen atoms in total. The third kappa shape index (κ3) is 6.91. The van der Waals surface area contributed by atoms with Crippen molar-refractivity contribution < 1.29 is 24.2 Å². The molecule has 0 spiro atoms. The molecule has 0 aliphatic heterocycles. The van der Waals surface area contributed by atoms with Gasteiger partial charge in [-0.05, 0) is 23.1 Å². The normalized spacial score (nSPS) is 14.7. The van der Waals surface area contributed by atoms with Crippen LogP contribution in [0.3, 0.4) is 0 Å². The van der Waals surface area contributed by atoms with Crippen molar-refractivity contribution in [3.63, 3.8) is 0 Å². The first kappa shape index (κ1) is 25.7. The summed E-state index contributed by atoms with van der Waals surface area (Å²) < 4.78 is 1.80. The van der Waals surface area contributed by atoms with Gasteiger partial charge in [0.15, 0.2) is 0 Å². The predicted molar refractivity (Wildman–Crippen MR) is 154 cm³/mol. The van der Waals surface area contributed by atoms with Crippen LogP contribution in [0.25, 0.3) is 33.4 Å². The van der Waals surface area contributed by atoms with Crippen molar-refractivity contribution in [3.05, 3.63) is 132 Å². The van der Waals surface area contributed by atoms with E-state index in [4.69, 9.17) is 0 Å². The third-order valence-corrected chi connectivity index (χ3v) is 8.25. The Bertz CT molecular complexity index is 1290. The van der Waals surface area contributed by atoms with Crippen molar-refractivity contribution in [2.75, 3.05) is 0 Å². The van der Waals surface area contributed by atoms with E-state index in [1.807, 2.05) is 12.2 Å². The van der Waals surface area contributed by atoms with E-state index in [-0.39, 0.29) is 0 Å². The first-order valence-electron chi connectivity index (χ1n) is 13.4. The molecule has 180 valence electrons. The predicted octanol–water partition coefficient (Wildman–Crippen LogP) is 9.37. The summed E-state index contributed by atoms with van der Waals surface area (Å²) >= 11 is 1.69. The van der Waals surface area contributed by atoms with Gasteiger partial charge in [0.25, 0.3) is 0 Å². The van der Waals surface area contributed by atoms with Gasteiger partial charge in [0.1, 0.15) is 0 Å². The van der Waals surface area contributed by atoms with Crippen LogP contribution in [0.1, 0.15) is 49.7 Å². The minimum absolute atomic E-state index is 0.964. The van der Waals surface area contributed by atoms with E-state index in [9.17, 15) is 0 Å². The maximum atomic E-state index is 3.65. The average molecular weight is 556 g/mol. The zero-order valence-corrected chi connectivity index (χ0v) is 23.8. The smallest absolute Gasteiger partial charge is 0.0181 e. The zero-order chi connectivity index (χ0) is 25.3. The number of allylic oxidation sites excluding steroid dienone is 4. The number of rotatable bonds is 2. The second-order valence-electron chi connectivity index (χ2n) is 9.71. The standard InChI is InChI=1S/C25H17.C6H10.C5H5.Zr/c1-3-7-18(8-4-1)20-11-13-24-22(15-20)17-23-16-21(12-14-25(23)24)19-9-5-2-6-10-19;1-2-4-6-5-3-1;1-2-4-5-3-1;/h1-15H,17H2;1-5H2;1-3H,4H2;/q-1;;-1;+2. The molecule has 0 N–H and O–H groups in total. The number of hydrogen-bond donors (Lipinski definition) is 0. The molecule has 0 heterocycles. The summed E-state index contributed by atoms with van der Waals surface area (Å²) in [6.07, 6.45) is 18.3. The largest absolute Gasteiger partial charge is 0.143 e. The summed E-state index contributed by atoms with van der Waals surface area (Å²) in [5.74, 6) is 0. The molecule has 1 heteroatoms. The maximum Gasteiger partial charge on any atom is -0.0181 e. The summed E-state index contributed by atoms with van der Waals surface area (Å²) in [6.45, 7) is 0. The van der Waals surface area contributed by atoms with Gasteiger partial charge in [0.2, 0.25) is 0 Å². The van der Waals surface area contributed by atoms with E-state index in [1.54, 1.807) is 27.4 Å². The van der Waals surface area contributed by atoms with Gasteiger partial charge in [-0.3, -0.25) is 6.08 Å². The molecule has 0 atom stereocenters. The summed E-state index contributed by atoms with van der Waals surface area (Å²) in [5, 5.41) is 0. The summed E-state index contributed by atoms with van der Waals surface area (Å²) in [7, 11) is 0. The Morgan fingerprint density at radius 3 is 1.95 bits per heavy atom. The molecule has 0 aromatic heterocycles. The molecule has 0 saturated heterocycles. The molecule has 3 aliphatic rings. The van der Waals surface area contributed by atoms with Crippen LogP contribution in [0, 0.1) is 12.1 Å². The molecule has 4 aromatic carbocycles. The molecule has 7 rings (SSSR count). The van der Waals surface area contributed by atoms with Crippen LogP contribution >= 0.6 is 0 Å². The fraction of sp³-hybridized carbons (Fsp3) is 0.194. The Morgan fingerprint density at radius 1 is 0.649 bits per heavy atom. The minimum Gasteiger partial charge on any atom is -0.143 e. The molecule has 0 amide bonds. The van der Waals surface area contributed by atoms with E-state index in [0.29, 0.717) is 0 Å². The first-order valence-corrected chi connectivity index (χ1v) is 14.6. The molecule has 0 bridgehead atoms. The number of fused-ring (bicyclic) bond motifs is 3. The SMILES string of the molecule is [C-]1=CC=CC1.[Zr+2]=[C]1CCCCC1.[c-]1c(-c2ccccc2)ccc2c1Cc1cc(-c3ccccc3)ccc1-2. The van der Waals surface area contributed by atoms with Gasteiger partial charge in [0.05, 0.1) is 0 Å². The molecule has 1 fully saturated rings. The van der Waals surface area contributed by atoms with Crippen LogP contribution in [-0.4, -0.2) is 3.21 Å². The number of benzene rings is 4. The molecule has 0 unspecified atom stereocenters. The average Bonchev–Trinajstić information content (AvgIpc) is 3.66. The topological polar surface area (TPSA) is 0 Å². The Labute approximate surface area is 237 Å². The molecule has 0 radical (unpaired) electrons. The molecule has 1 saturated carbocycles. The van der Waals surface area contributed by atoms with Gasteiger partial charge in [-0.15, -0.1) is 35.7 Å². The molecule has 37 heavy (non-hydrogen) atoms. The van der Waals surface area contributed by atoms with Crippen molar-refractivity contribution in [2.24, 2.45) is 0 Å². The van der Waals surface area contributed by atoms with E-state index in [0.717, 1.165) is 12.8 Å². The summed E-state index contributed by atoms with van der Waals surface area (Å²) in [4.78, 5) is 0. The van der Waals surface area contributed by atoms with E-state index < -0.39 is 0 Å². The fourth-order valence-corrected chi connectivity index (χ4v) is 5.91. The second-order valence-corrected chi connectivity index (χ2v) is 11.5. The first-order chi connectivity index (χ1) is 18.3. The molecule has 3 aliphatic carbocycles.